The fourth-order valence-corrected chi connectivity index (χ4v) is 4.21. The average molecular weight is 276 g/mol. The van der Waals surface area contributed by atoms with Crippen LogP contribution in [0.5, 0.6) is 0 Å². The van der Waals surface area contributed by atoms with Crippen molar-refractivity contribution < 1.29 is 23.6 Å². The molecule has 5 nitrogen and oxygen atoms in total. The maximum atomic E-state index is 12.1. The van der Waals surface area contributed by atoms with E-state index < -0.39 is 16.8 Å². The van der Waals surface area contributed by atoms with E-state index in [-0.39, 0.29) is 23.0 Å². The molecule has 6 heteroatoms. The fraction of sp³-hybridized carbons (Fsp3) is 0.917. The first-order valence-electron chi connectivity index (χ1n) is 6.42. The van der Waals surface area contributed by atoms with E-state index in [9.17, 15) is 9.00 Å². The summed E-state index contributed by atoms with van der Waals surface area (Å²) in [4.78, 5) is 10.5. The lowest BCUT2D eigenvalue weighted by atomic mass is 9.86. The van der Waals surface area contributed by atoms with Gasteiger partial charge in [0.25, 0.3) is 0 Å². The van der Waals surface area contributed by atoms with E-state index in [4.69, 9.17) is 14.6 Å². The lowest BCUT2D eigenvalue weighted by Gasteiger charge is -2.43. The number of rotatable bonds is 4. The van der Waals surface area contributed by atoms with Gasteiger partial charge in [-0.05, 0) is 25.7 Å². The smallest absolute Gasteiger partial charge is 0.304 e. The summed E-state index contributed by atoms with van der Waals surface area (Å²) in [6.45, 7) is 2.03. The zero-order valence-electron chi connectivity index (χ0n) is 10.4. The van der Waals surface area contributed by atoms with Gasteiger partial charge in [0.2, 0.25) is 0 Å². The Kier molecular flexibility index (Phi) is 4.75. The SMILES string of the molecule is O=C(O)CCS(=O)C1CCOC2(CCOCC2)C1. The number of hydrogen-bond donors (Lipinski definition) is 1. The number of ether oxygens (including phenoxy) is 2. The topological polar surface area (TPSA) is 72.8 Å². The van der Waals surface area contributed by atoms with Crippen molar-refractivity contribution in [3.8, 4) is 0 Å². The Morgan fingerprint density at radius 3 is 2.72 bits per heavy atom. The summed E-state index contributed by atoms with van der Waals surface area (Å²) in [5.41, 5.74) is -0.167. The number of aliphatic carboxylic acids is 1. The highest BCUT2D eigenvalue weighted by atomic mass is 32.2. The Morgan fingerprint density at radius 2 is 2.06 bits per heavy atom. The van der Waals surface area contributed by atoms with Crippen LogP contribution in [0.1, 0.15) is 32.1 Å². The molecule has 2 aliphatic rings. The zero-order valence-corrected chi connectivity index (χ0v) is 11.2. The van der Waals surface area contributed by atoms with Gasteiger partial charge >= 0.3 is 5.97 Å². The van der Waals surface area contributed by atoms with Gasteiger partial charge in [-0.25, -0.2) is 0 Å². The van der Waals surface area contributed by atoms with Gasteiger partial charge in [0.15, 0.2) is 0 Å². The van der Waals surface area contributed by atoms with E-state index in [0.29, 0.717) is 19.8 Å². The van der Waals surface area contributed by atoms with Gasteiger partial charge in [-0.1, -0.05) is 0 Å². The molecule has 2 rings (SSSR count). The van der Waals surface area contributed by atoms with Crippen LogP contribution in [0.2, 0.25) is 0 Å². The molecule has 1 spiro atoms. The van der Waals surface area contributed by atoms with Gasteiger partial charge in [0, 0.05) is 41.6 Å². The molecule has 0 radical (unpaired) electrons. The van der Waals surface area contributed by atoms with E-state index in [1.54, 1.807) is 0 Å². The van der Waals surface area contributed by atoms with Crippen molar-refractivity contribution in [3.05, 3.63) is 0 Å². The minimum absolute atomic E-state index is 0.0138. The number of hydrogen-bond acceptors (Lipinski definition) is 4. The van der Waals surface area contributed by atoms with Crippen LogP contribution in [-0.4, -0.2) is 51.7 Å². The summed E-state index contributed by atoms with van der Waals surface area (Å²) < 4.78 is 23.3. The molecule has 0 amide bonds. The van der Waals surface area contributed by atoms with Crippen molar-refractivity contribution in [1.82, 2.24) is 0 Å². The second kappa shape index (κ2) is 6.12. The molecule has 0 aliphatic carbocycles. The third kappa shape index (κ3) is 3.52. The third-order valence-electron chi connectivity index (χ3n) is 3.74. The van der Waals surface area contributed by atoms with Crippen LogP contribution in [0.4, 0.5) is 0 Å². The molecule has 2 unspecified atom stereocenters. The molecule has 0 saturated carbocycles. The van der Waals surface area contributed by atoms with Gasteiger partial charge in [0.1, 0.15) is 0 Å². The molecule has 0 aromatic rings. The number of carbonyl (C=O) groups is 1. The lowest BCUT2D eigenvalue weighted by molar-refractivity contribution is -0.136. The monoisotopic (exact) mass is 276 g/mol. The first-order valence-corrected chi connectivity index (χ1v) is 7.80. The predicted molar refractivity (Wildman–Crippen MR) is 67.0 cm³/mol. The molecular formula is C12H20O5S. The lowest BCUT2D eigenvalue weighted by Crippen LogP contribution is -2.47. The van der Waals surface area contributed by atoms with Crippen molar-refractivity contribution in [1.29, 1.82) is 0 Å². The average Bonchev–Trinajstić information content (AvgIpc) is 2.37. The van der Waals surface area contributed by atoms with Crippen molar-refractivity contribution in [2.45, 2.75) is 43.0 Å². The Labute approximate surface area is 109 Å². The highest BCUT2D eigenvalue weighted by Crippen LogP contribution is 2.36. The summed E-state index contributed by atoms with van der Waals surface area (Å²) in [6, 6.07) is 0. The maximum absolute atomic E-state index is 12.1. The van der Waals surface area contributed by atoms with E-state index in [1.165, 1.54) is 0 Å². The van der Waals surface area contributed by atoms with Crippen molar-refractivity contribution in [2.75, 3.05) is 25.6 Å². The zero-order chi connectivity index (χ0) is 13.0. The van der Waals surface area contributed by atoms with E-state index in [2.05, 4.69) is 0 Å². The number of carboxylic acid groups (broad SMARTS) is 1. The largest absolute Gasteiger partial charge is 0.481 e. The summed E-state index contributed by atoms with van der Waals surface area (Å²) in [6.07, 6.45) is 3.26. The number of carboxylic acids is 1. The molecule has 0 bridgehead atoms. The van der Waals surface area contributed by atoms with E-state index in [1.807, 2.05) is 0 Å². The highest BCUT2D eigenvalue weighted by molar-refractivity contribution is 7.85. The minimum atomic E-state index is -1.06. The Bertz CT molecular complexity index is 319. The normalized spacial score (nSPS) is 29.0. The molecule has 2 aliphatic heterocycles. The van der Waals surface area contributed by atoms with Gasteiger partial charge in [-0.3, -0.25) is 9.00 Å². The molecule has 2 atom stereocenters. The first kappa shape index (κ1) is 14.0. The molecule has 2 saturated heterocycles. The first-order chi connectivity index (χ1) is 8.61. The molecule has 0 aromatic heterocycles. The van der Waals surface area contributed by atoms with Crippen LogP contribution in [0, 0.1) is 0 Å². The third-order valence-corrected chi connectivity index (χ3v) is 5.49. The molecule has 2 heterocycles. The Morgan fingerprint density at radius 1 is 1.33 bits per heavy atom. The van der Waals surface area contributed by atoms with Crippen LogP contribution in [0.25, 0.3) is 0 Å². The summed E-state index contributed by atoms with van der Waals surface area (Å²) in [5, 5.41) is 8.71. The van der Waals surface area contributed by atoms with Crippen LogP contribution >= 0.6 is 0 Å². The van der Waals surface area contributed by atoms with Gasteiger partial charge in [0.05, 0.1) is 12.0 Å². The van der Waals surface area contributed by atoms with Crippen molar-refractivity contribution >= 4 is 16.8 Å². The Hall–Kier alpha value is -0.460. The summed E-state index contributed by atoms with van der Waals surface area (Å²) in [7, 11) is -1.06. The fourth-order valence-electron chi connectivity index (χ4n) is 2.65. The quantitative estimate of drug-likeness (QED) is 0.827. The van der Waals surface area contributed by atoms with Crippen LogP contribution in [-0.2, 0) is 25.1 Å². The predicted octanol–water partition coefficient (Wildman–Crippen LogP) is 0.938. The van der Waals surface area contributed by atoms with Crippen LogP contribution < -0.4 is 0 Å². The van der Waals surface area contributed by atoms with Crippen LogP contribution in [0.15, 0.2) is 0 Å². The van der Waals surface area contributed by atoms with E-state index >= 15 is 0 Å². The highest BCUT2D eigenvalue weighted by Gasteiger charge is 2.40. The van der Waals surface area contributed by atoms with Crippen molar-refractivity contribution in [2.24, 2.45) is 0 Å². The second-order valence-electron chi connectivity index (χ2n) is 4.99. The van der Waals surface area contributed by atoms with Gasteiger partial charge < -0.3 is 14.6 Å². The molecule has 1 N–H and O–H groups in total. The molecule has 0 aromatic carbocycles. The van der Waals surface area contributed by atoms with Gasteiger partial charge in [-0.15, -0.1) is 0 Å². The van der Waals surface area contributed by atoms with Crippen LogP contribution in [0.3, 0.4) is 0 Å². The molecule has 2 fully saturated rings. The molecule has 104 valence electrons. The standard InChI is InChI=1S/C12H20O5S/c13-11(14)2-8-18(15)10-1-5-17-12(9-10)3-6-16-7-4-12/h10H,1-9H2,(H,13,14). The second-order valence-corrected chi connectivity index (χ2v) is 6.82. The van der Waals surface area contributed by atoms with Crippen molar-refractivity contribution in [3.63, 3.8) is 0 Å². The Balaban J connectivity index is 1.89. The summed E-state index contributed by atoms with van der Waals surface area (Å²) in [5.74, 6) is -0.622. The minimum Gasteiger partial charge on any atom is -0.481 e. The van der Waals surface area contributed by atoms with E-state index in [0.717, 1.165) is 25.7 Å². The molecular weight excluding hydrogens is 256 g/mol. The molecule has 18 heavy (non-hydrogen) atoms. The summed E-state index contributed by atoms with van der Waals surface area (Å²) >= 11 is 0. The maximum Gasteiger partial charge on any atom is 0.304 e. The van der Waals surface area contributed by atoms with Gasteiger partial charge in [-0.2, -0.15) is 0 Å².